The Hall–Kier alpha value is -2.92. The molecule has 5 nitrogen and oxygen atoms in total. The number of rotatable bonds is 5. The Morgan fingerprint density at radius 3 is 2.96 bits per heavy atom. The first-order chi connectivity index (χ1) is 11.4. The lowest BCUT2D eigenvalue weighted by Crippen LogP contribution is -2.13. The van der Waals surface area contributed by atoms with Crippen molar-refractivity contribution in [3.63, 3.8) is 0 Å². The summed E-state index contributed by atoms with van der Waals surface area (Å²) in [6.07, 6.45) is 7.45. The maximum atomic E-state index is 4.35. The predicted octanol–water partition coefficient (Wildman–Crippen LogP) is 3.04. The summed E-state index contributed by atoms with van der Waals surface area (Å²) >= 11 is 0. The van der Waals surface area contributed by atoms with Crippen LogP contribution in [0.4, 0.5) is 0 Å². The Labute approximate surface area is 134 Å². The van der Waals surface area contributed by atoms with Crippen LogP contribution in [-0.4, -0.2) is 19.7 Å². The normalized spacial score (nSPS) is 11.1. The van der Waals surface area contributed by atoms with Crippen LogP contribution in [0, 0.1) is 0 Å². The molecule has 0 saturated carbocycles. The molecule has 0 unspecified atom stereocenters. The van der Waals surface area contributed by atoms with Gasteiger partial charge in [0.25, 0.3) is 0 Å². The minimum atomic E-state index is 0.789. The smallest absolute Gasteiger partial charge is 0.153 e. The van der Waals surface area contributed by atoms with E-state index in [4.69, 9.17) is 0 Å². The van der Waals surface area contributed by atoms with Gasteiger partial charge in [-0.3, -0.25) is 0 Å². The fourth-order valence-electron chi connectivity index (χ4n) is 2.75. The molecule has 0 amide bonds. The first-order valence-electron chi connectivity index (χ1n) is 7.61. The van der Waals surface area contributed by atoms with Crippen LogP contribution in [0.3, 0.4) is 0 Å². The number of pyridine rings is 1. The van der Waals surface area contributed by atoms with Gasteiger partial charge in [0.15, 0.2) is 5.82 Å². The largest absolute Gasteiger partial charge is 0.361 e. The van der Waals surface area contributed by atoms with Crippen molar-refractivity contribution in [1.82, 2.24) is 25.1 Å². The van der Waals surface area contributed by atoms with Gasteiger partial charge in [-0.15, -0.1) is 0 Å². The van der Waals surface area contributed by atoms with E-state index in [1.54, 1.807) is 10.9 Å². The van der Waals surface area contributed by atoms with Crippen LogP contribution in [0.5, 0.6) is 0 Å². The van der Waals surface area contributed by atoms with Gasteiger partial charge in [-0.25, -0.2) is 9.67 Å². The van der Waals surface area contributed by atoms with E-state index in [1.165, 1.54) is 22.0 Å². The van der Waals surface area contributed by atoms with Gasteiger partial charge < -0.3 is 10.3 Å². The second kappa shape index (κ2) is 6.06. The molecule has 0 fully saturated rings. The Balaban J connectivity index is 1.45. The molecule has 0 aliphatic carbocycles. The first kappa shape index (κ1) is 13.7. The number of fused-ring (bicyclic) bond motifs is 1. The number of hydrogen-bond acceptors (Lipinski definition) is 3. The molecule has 0 bridgehead atoms. The summed E-state index contributed by atoms with van der Waals surface area (Å²) in [6, 6.07) is 14.4. The molecule has 4 rings (SSSR count). The topological polar surface area (TPSA) is 58.5 Å². The first-order valence-corrected chi connectivity index (χ1v) is 7.61. The van der Waals surface area contributed by atoms with Crippen LogP contribution in [0.25, 0.3) is 16.7 Å². The zero-order valence-electron chi connectivity index (χ0n) is 12.6. The molecule has 0 aliphatic heterocycles. The molecule has 0 saturated heterocycles. The third-order valence-corrected chi connectivity index (χ3v) is 3.88. The highest BCUT2D eigenvalue weighted by molar-refractivity contribution is 5.82. The molecule has 4 aromatic rings. The van der Waals surface area contributed by atoms with Gasteiger partial charge >= 0.3 is 0 Å². The van der Waals surface area contributed by atoms with Crippen molar-refractivity contribution >= 4 is 10.9 Å². The second-order valence-electron chi connectivity index (χ2n) is 5.43. The van der Waals surface area contributed by atoms with E-state index in [0.29, 0.717) is 0 Å². The highest BCUT2D eigenvalue weighted by atomic mass is 15.3. The van der Waals surface area contributed by atoms with E-state index in [0.717, 1.165) is 18.9 Å². The monoisotopic (exact) mass is 303 g/mol. The van der Waals surface area contributed by atoms with Crippen LogP contribution >= 0.6 is 0 Å². The van der Waals surface area contributed by atoms with E-state index < -0.39 is 0 Å². The van der Waals surface area contributed by atoms with Crippen molar-refractivity contribution in [1.29, 1.82) is 0 Å². The Morgan fingerprint density at radius 2 is 2.04 bits per heavy atom. The number of benzene rings is 1. The highest BCUT2D eigenvalue weighted by Gasteiger charge is 2.03. The summed E-state index contributed by atoms with van der Waals surface area (Å²) in [6.45, 7) is 1.62. The average Bonchev–Trinajstić information content (AvgIpc) is 3.27. The number of nitrogens with zero attached hydrogens (tertiary/aromatic N) is 3. The minimum absolute atomic E-state index is 0.789. The summed E-state index contributed by atoms with van der Waals surface area (Å²) in [7, 11) is 0. The lowest BCUT2D eigenvalue weighted by atomic mass is 10.1. The van der Waals surface area contributed by atoms with Gasteiger partial charge in [-0.2, -0.15) is 5.10 Å². The molecule has 0 atom stereocenters. The number of H-pyrrole nitrogens is 1. The van der Waals surface area contributed by atoms with Crippen LogP contribution in [-0.2, 0) is 13.1 Å². The number of aromatic nitrogens is 4. The van der Waals surface area contributed by atoms with Gasteiger partial charge in [0, 0.05) is 48.8 Å². The quantitative estimate of drug-likeness (QED) is 0.596. The Morgan fingerprint density at radius 1 is 1.04 bits per heavy atom. The van der Waals surface area contributed by atoms with Gasteiger partial charge in [-0.1, -0.05) is 12.1 Å². The summed E-state index contributed by atoms with van der Waals surface area (Å²) in [4.78, 5) is 7.60. The van der Waals surface area contributed by atoms with E-state index >= 15 is 0 Å². The van der Waals surface area contributed by atoms with E-state index in [1.807, 2.05) is 30.7 Å². The van der Waals surface area contributed by atoms with Crippen molar-refractivity contribution in [2.75, 3.05) is 0 Å². The van der Waals surface area contributed by atoms with Gasteiger partial charge in [0.1, 0.15) is 0 Å². The molecule has 0 radical (unpaired) electrons. The minimum Gasteiger partial charge on any atom is -0.361 e. The lowest BCUT2D eigenvalue weighted by Gasteiger charge is -2.08. The van der Waals surface area contributed by atoms with Gasteiger partial charge in [0.05, 0.1) is 0 Å². The maximum absolute atomic E-state index is 4.35. The van der Waals surface area contributed by atoms with Crippen LogP contribution < -0.4 is 5.32 Å². The summed E-state index contributed by atoms with van der Waals surface area (Å²) in [5, 5.41) is 8.99. The zero-order valence-corrected chi connectivity index (χ0v) is 12.6. The van der Waals surface area contributed by atoms with Gasteiger partial charge in [-0.05, 0) is 41.5 Å². The zero-order chi connectivity index (χ0) is 15.5. The fourth-order valence-corrected chi connectivity index (χ4v) is 2.75. The van der Waals surface area contributed by atoms with E-state index in [2.05, 4.69) is 50.7 Å². The molecule has 1 aromatic carbocycles. The van der Waals surface area contributed by atoms with Crippen molar-refractivity contribution < 1.29 is 0 Å². The van der Waals surface area contributed by atoms with E-state index in [-0.39, 0.29) is 0 Å². The van der Waals surface area contributed by atoms with Gasteiger partial charge in [0.2, 0.25) is 0 Å². The predicted molar refractivity (Wildman–Crippen MR) is 90.2 cm³/mol. The molecule has 0 spiro atoms. The number of hydrogen-bond donors (Lipinski definition) is 2. The summed E-state index contributed by atoms with van der Waals surface area (Å²) in [5.74, 6) is 0.835. The number of nitrogens with one attached hydrogen (secondary N) is 2. The van der Waals surface area contributed by atoms with Crippen molar-refractivity contribution in [3.8, 4) is 5.82 Å². The molecule has 3 aromatic heterocycles. The Bertz CT molecular complexity index is 908. The summed E-state index contributed by atoms with van der Waals surface area (Å²) in [5.41, 5.74) is 3.66. The molecule has 114 valence electrons. The van der Waals surface area contributed by atoms with Crippen LogP contribution in [0.2, 0.25) is 0 Å². The molecular weight excluding hydrogens is 286 g/mol. The van der Waals surface area contributed by atoms with Crippen molar-refractivity contribution in [3.05, 3.63) is 78.4 Å². The summed E-state index contributed by atoms with van der Waals surface area (Å²) < 4.78 is 1.77. The van der Waals surface area contributed by atoms with Crippen molar-refractivity contribution in [2.24, 2.45) is 0 Å². The molecule has 23 heavy (non-hydrogen) atoms. The van der Waals surface area contributed by atoms with Crippen molar-refractivity contribution in [2.45, 2.75) is 13.1 Å². The average molecular weight is 303 g/mol. The molecule has 0 aliphatic rings. The molecule has 3 heterocycles. The highest BCUT2D eigenvalue weighted by Crippen LogP contribution is 2.17. The van der Waals surface area contributed by atoms with E-state index in [9.17, 15) is 0 Å². The number of aromatic amines is 1. The van der Waals surface area contributed by atoms with Crippen LogP contribution in [0.15, 0.2) is 67.3 Å². The lowest BCUT2D eigenvalue weighted by molar-refractivity contribution is 0.694. The third-order valence-electron chi connectivity index (χ3n) is 3.88. The molecule has 2 N–H and O–H groups in total. The maximum Gasteiger partial charge on any atom is 0.153 e. The molecular formula is C18H17N5. The van der Waals surface area contributed by atoms with Crippen LogP contribution in [0.1, 0.15) is 11.1 Å². The molecule has 5 heteroatoms. The second-order valence-corrected chi connectivity index (χ2v) is 5.43. The Kier molecular flexibility index (Phi) is 3.62. The fraction of sp³-hybridized carbons (Fsp3) is 0.111. The standard InChI is InChI=1S/C18H17N5/c1-3-15(16-6-9-20-17(16)4-1)13-19-12-14-5-8-21-18(11-14)23-10-2-7-22-23/h1-11,19-20H,12-13H2. The third kappa shape index (κ3) is 2.86. The SMILES string of the molecule is c1cc(CNCc2ccnc(-n3cccn3)c2)c2cc[nH]c2c1.